The molecule has 2 rings (SSSR count). The summed E-state index contributed by atoms with van der Waals surface area (Å²) in [5.74, 6) is 0.745. The van der Waals surface area contributed by atoms with E-state index in [2.05, 4.69) is 21.2 Å². The van der Waals surface area contributed by atoms with Crippen molar-refractivity contribution < 1.29 is 13.9 Å². The van der Waals surface area contributed by atoms with Crippen LogP contribution in [0.15, 0.2) is 21.2 Å². The van der Waals surface area contributed by atoms with Crippen LogP contribution in [-0.4, -0.2) is 36.7 Å². The van der Waals surface area contributed by atoms with Gasteiger partial charge in [0.1, 0.15) is 5.76 Å². The lowest BCUT2D eigenvalue weighted by Crippen LogP contribution is -2.46. The Morgan fingerprint density at radius 2 is 2.42 bits per heavy atom. The molecule has 6 heteroatoms. The van der Waals surface area contributed by atoms with Crippen LogP contribution in [0.5, 0.6) is 0 Å². The van der Waals surface area contributed by atoms with E-state index < -0.39 is 0 Å². The molecule has 0 saturated carbocycles. The standard InChI is InChI=1S/C13H19BrN2O3/c1-9(11-4-3-7-18-11)15-13(17)16(2)8-10-5-6-12(14)19-10/h5-6,9,11H,3-4,7-8H2,1-2H3,(H,15,17)/t9-,11-/m0/s1. The Labute approximate surface area is 121 Å². The molecule has 0 aromatic carbocycles. The zero-order valence-electron chi connectivity index (χ0n) is 11.2. The van der Waals surface area contributed by atoms with Crippen molar-refractivity contribution in [2.24, 2.45) is 0 Å². The second-order valence-electron chi connectivity index (χ2n) is 4.85. The van der Waals surface area contributed by atoms with Crippen molar-refractivity contribution in [2.45, 2.75) is 38.5 Å². The average molecular weight is 331 g/mol. The molecule has 0 unspecified atom stereocenters. The van der Waals surface area contributed by atoms with Gasteiger partial charge in [-0.15, -0.1) is 0 Å². The number of hydrogen-bond donors (Lipinski definition) is 1. The Morgan fingerprint density at radius 1 is 1.63 bits per heavy atom. The summed E-state index contributed by atoms with van der Waals surface area (Å²) >= 11 is 3.24. The molecule has 2 atom stereocenters. The smallest absolute Gasteiger partial charge is 0.317 e. The molecule has 1 aliphatic rings. The molecular formula is C13H19BrN2O3. The summed E-state index contributed by atoms with van der Waals surface area (Å²) in [7, 11) is 1.74. The monoisotopic (exact) mass is 330 g/mol. The maximum absolute atomic E-state index is 12.0. The molecule has 106 valence electrons. The van der Waals surface area contributed by atoms with E-state index in [1.54, 1.807) is 11.9 Å². The highest BCUT2D eigenvalue weighted by molar-refractivity contribution is 9.10. The van der Waals surface area contributed by atoms with Gasteiger partial charge in [0.05, 0.1) is 18.7 Å². The summed E-state index contributed by atoms with van der Waals surface area (Å²) in [6.07, 6.45) is 2.22. The third-order valence-electron chi connectivity index (χ3n) is 3.24. The van der Waals surface area contributed by atoms with Crippen LogP contribution in [0.1, 0.15) is 25.5 Å². The number of carbonyl (C=O) groups excluding carboxylic acids is 1. The summed E-state index contributed by atoms with van der Waals surface area (Å²) < 4.78 is 11.6. The van der Waals surface area contributed by atoms with Crippen molar-refractivity contribution in [3.8, 4) is 0 Å². The predicted octanol–water partition coefficient (Wildman–Crippen LogP) is 2.75. The summed E-state index contributed by atoms with van der Waals surface area (Å²) in [6.45, 7) is 3.21. The third-order valence-corrected chi connectivity index (χ3v) is 3.67. The number of ether oxygens (including phenoxy) is 1. The Morgan fingerprint density at radius 3 is 3.00 bits per heavy atom. The Kier molecular flexibility index (Phi) is 4.87. The summed E-state index contributed by atoms with van der Waals surface area (Å²) in [6, 6.07) is 3.57. The van der Waals surface area contributed by atoms with Gasteiger partial charge in [0.25, 0.3) is 0 Å². The highest BCUT2D eigenvalue weighted by Crippen LogP contribution is 2.17. The van der Waals surface area contributed by atoms with Gasteiger partial charge in [0.2, 0.25) is 0 Å². The molecule has 2 heterocycles. The van der Waals surface area contributed by atoms with Gasteiger partial charge in [-0.2, -0.15) is 0 Å². The first-order chi connectivity index (χ1) is 9.06. The first kappa shape index (κ1) is 14.4. The lowest BCUT2D eigenvalue weighted by atomic mass is 10.1. The highest BCUT2D eigenvalue weighted by Gasteiger charge is 2.24. The molecule has 5 nitrogen and oxygen atoms in total. The van der Waals surface area contributed by atoms with Gasteiger partial charge < -0.3 is 19.4 Å². The molecule has 1 fully saturated rings. The largest absolute Gasteiger partial charge is 0.452 e. The second kappa shape index (κ2) is 6.43. The van der Waals surface area contributed by atoms with Crippen molar-refractivity contribution >= 4 is 22.0 Å². The lowest BCUT2D eigenvalue weighted by molar-refractivity contribution is 0.0836. The summed E-state index contributed by atoms with van der Waals surface area (Å²) in [5, 5.41) is 2.96. The molecule has 1 aliphatic heterocycles. The van der Waals surface area contributed by atoms with E-state index in [1.807, 2.05) is 19.1 Å². The van der Waals surface area contributed by atoms with Crippen molar-refractivity contribution in [1.29, 1.82) is 0 Å². The average Bonchev–Trinajstić information content (AvgIpc) is 3.00. The molecule has 1 saturated heterocycles. The van der Waals surface area contributed by atoms with Crippen molar-refractivity contribution in [1.82, 2.24) is 10.2 Å². The maximum atomic E-state index is 12.0. The van der Waals surface area contributed by atoms with Crippen molar-refractivity contribution in [3.05, 3.63) is 22.6 Å². The van der Waals surface area contributed by atoms with Crippen molar-refractivity contribution in [2.75, 3.05) is 13.7 Å². The number of nitrogens with zero attached hydrogens (tertiary/aromatic N) is 1. The number of halogens is 1. The second-order valence-corrected chi connectivity index (χ2v) is 5.63. The fourth-order valence-corrected chi connectivity index (χ4v) is 2.48. The number of rotatable bonds is 4. The van der Waals surface area contributed by atoms with Gasteiger partial charge in [0.15, 0.2) is 4.67 Å². The van der Waals surface area contributed by atoms with Crippen molar-refractivity contribution in [3.63, 3.8) is 0 Å². The van der Waals surface area contributed by atoms with Crippen LogP contribution in [0.25, 0.3) is 0 Å². The van der Waals surface area contributed by atoms with E-state index >= 15 is 0 Å². The lowest BCUT2D eigenvalue weighted by Gasteiger charge is -2.23. The van der Waals surface area contributed by atoms with Crippen LogP contribution in [0.2, 0.25) is 0 Å². The molecular weight excluding hydrogens is 312 g/mol. The van der Waals surface area contributed by atoms with E-state index in [9.17, 15) is 4.79 Å². The molecule has 0 spiro atoms. The van der Waals surface area contributed by atoms with Crippen LogP contribution in [0.4, 0.5) is 4.79 Å². The Bertz CT molecular complexity index is 429. The molecule has 1 N–H and O–H groups in total. The highest BCUT2D eigenvalue weighted by atomic mass is 79.9. The first-order valence-electron chi connectivity index (χ1n) is 6.43. The summed E-state index contributed by atoms with van der Waals surface area (Å²) in [5.41, 5.74) is 0. The van der Waals surface area contributed by atoms with Crippen LogP contribution in [0.3, 0.4) is 0 Å². The molecule has 0 radical (unpaired) electrons. The molecule has 0 aliphatic carbocycles. The maximum Gasteiger partial charge on any atom is 0.317 e. The number of amides is 2. The zero-order chi connectivity index (χ0) is 13.8. The topological polar surface area (TPSA) is 54.7 Å². The van der Waals surface area contributed by atoms with Gasteiger partial charge >= 0.3 is 6.03 Å². The fourth-order valence-electron chi connectivity index (χ4n) is 2.14. The van der Waals surface area contributed by atoms with Crippen LogP contribution in [-0.2, 0) is 11.3 Å². The Balaban J connectivity index is 1.81. The first-order valence-corrected chi connectivity index (χ1v) is 7.23. The van der Waals surface area contributed by atoms with Gasteiger partial charge in [0, 0.05) is 13.7 Å². The molecule has 19 heavy (non-hydrogen) atoms. The Hall–Kier alpha value is -1.01. The molecule has 2 amide bonds. The van der Waals surface area contributed by atoms with Crippen LogP contribution >= 0.6 is 15.9 Å². The van der Waals surface area contributed by atoms with Gasteiger partial charge in [-0.3, -0.25) is 0 Å². The van der Waals surface area contributed by atoms with Gasteiger partial charge in [-0.1, -0.05) is 0 Å². The molecule has 1 aromatic heterocycles. The summed E-state index contributed by atoms with van der Waals surface area (Å²) in [4.78, 5) is 13.6. The van der Waals surface area contributed by atoms with Crippen LogP contribution < -0.4 is 5.32 Å². The van der Waals surface area contributed by atoms with Gasteiger partial charge in [-0.05, 0) is 47.8 Å². The van der Waals surface area contributed by atoms with E-state index in [4.69, 9.17) is 9.15 Å². The number of urea groups is 1. The fraction of sp³-hybridized carbons (Fsp3) is 0.615. The van der Waals surface area contributed by atoms with E-state index in [0.717, 1.165) is 25.2 Å². The molecule has 0 bridgehead atoms. The number of furan rings is 1. The number of nitrogens with one attached hydrogen (secondary N) is 1. The normalized spacial score (nSPS) is 20.3. The minimum Gasteiger partial charge on any atom is -0.452 e. The zero-order valence-corrected chi connectivity index (χ0v) is 12.8. The number of carbonyl (C=O) groups is 1. The predicted molar refractivity (Wildman–Crippen MR) is 74.8 cm³/mol. The SMILES string of the molecule is C[C@H](NC(=O)N(C)Cc1ccc(Br)o1)[C@@H]1CCCO1. The third kappa shape index (κ3) is 3.98. The quantitative estimate of drug-likeness (QED) is 0.923. The van der Waals surface area contributed by atoms with Gasteiger partial charge in [-0.25, -0.2) is 4.79 Å². The van der Waals surface area contributed by atoms with E-state index in [0.29, 0.717) is 11.2 Å². The minimum atomic E-state index is -0.115. The molecule has 1 aromatic rings. The van der Waals surface area contributed by atoms with Crippen LogP contribution in [0, 0.1) is 0 Å². The van der Waals surface area contributed by atoms with E-state index in [1.165, 1.54) is 0 Å². The minimum absolute atomic E-state index is 0.0285. The number of hydrogen-bond acceptors (Lipinski definition) is 3. The van der Waals surface area contributed by atoms with E-state index in [-0.39, 0.29) is 18.2 Å².